The highest BCUT2D eigenvalue weighted by atomic mass is 16.1. The maximum Gasteiger partial charge on any atom is 0.274 e. The third-order valence-corrected chi connectivity index (χ3v) is 4.57. The van der Waals surface area contributed by atoms with Crippen molar-refractivity contribution >= 4 is 23.2 Å². The van der Waals surface area contributed by atoms with Gasteiger partial charge in [0, 0.05) is 17.6 Å². The van der Waals surface area contributed by atoms with Gasteiger partial charge in [-0.2, -0.15) is 0 Å². The first-order valence-corrected chi connectivity index (χ1v) is 9.01. The van der Waals surface area contributed by atoms with Gasteiger partial charge in [-0.05, 0) is 60.7 Å². The molecule has 0 aliphatic carbocycles. The number of rotatable bonds is 5. The number of carbonyl (C=O) groups excluding carboxylic acids is 1. The molecule has 0 bridgehead atoms. The maximum absolute atomic E-state index is 12.5. The summed E-state index contributed by atoms with van der Waals surface area (Å²) in [6, 6.07) is 15.5. The molecule has 1 aromatic heterocycles. The normalized spacial score (nSPS) is 10.7. The first-order chi connectivity index (χ1) is 12.9. The second-order valence-electron chi connectivity index (χ2n) is 6.87. The summed E-state index contributed by atoms with van der Waals surface area (Å²) in [5.41, 5.74) is 5.52. The van der Waals surface area contributed by atoms with E-state index in [-0.39, 0.29) is 5.91 Å². The van der Waals surface area contributed by atoms with Crippen LogP contribution < -0.4 is 10.6 Å². The highest BCUT2D eigenvalue weighted by Crippen LogP contribution is 2.21. The third kappa shape index (κ3) is 4.50. The van der Waals surface area contributed by atoms with E-state index in [9.17, 15) is 4.79 Å². The van der Waals surface area contributed by atoms with Gasteiger partial charge in [-0.3, -0.25) is 4.79 Å². The molecule has 3 rings (SSSR count). The van der Waals surface area contributed by atoms with Crippen LogP contribution in [0.1, 0.15) is 46.9 Å². The number of hydrogen-bond donors (Lipinski definition) is 2. The monoisotopic (exact) mass is 360 g/mol. The Labute approximate surface area is 159 Å². The van der Waals surface area contributed by atoms with Gasteiger partial charge in [0.2, 0.25) is 5.95 Å². The van der Waals surface area contributed by atoms with Crippen molar-refractivity contribution in [3.8, 4) is 0 Å². The van der Waals surface area contributed by atoms with E-state index >= 15 is 0 Å². The molecule has 0 fully saturated rings. The van der Waals surface area contributed by atoms with E-state index in [1.807, 2.05) is 43.3 Å². The number of anilines is 3. The van der Waals surface area contributed by atoms with Crippen LogP contribution in [0.2, 0.25) is 0 Å². The van der Waals surface area contributed by atoms with Crippen molar-refractivity contribution in [3.63, 3.8) is 0 Å². The molecule has 1 amide bonds. The fraction of sp³-hybridized carbons (Fsp3) is 0.227. The summed E-state index contributed by atoms with van der Waals surface area (Å²) in [6.45, 7) is 8.36. The Morgan fingerprint density at radius 2 is 1.74 bits per heavy atom. The van der Waals surface area contributed by atoms with E-state index in [0.717, 1.165) is 16.9 Å². The molecule has 0 unspecified atom stereocenters. The summed E-state index contributed by atoms with van der Waals surface area (Å²) in [7, 11) is 0. The molecule has 0 aliphatic heterocycles. The van der Waals surface area contributed by atoms with Gasteiger partial charge in [0.25, 0.3) is 5.91 Å². The first-order valence-electron chi connectivity index (χ1n) is 9.01. The molecule has 0 saturated heterocycles. The van der Waals surface area contributed by atoms with Gasteiger partial charge in [0.1, 0.15) is 5.69 Å². The summed E-state index contributed by atoms with van der Waals surface area (Å²) in [6.07, 6.45) is 1.58. The quantitative estimate of drug-likeness (QED) is 0.655. The smallest absolute Gasteiger partial charge is 0.274 e. The summed E-state index contributed by atoms with van der Waals surface area (Å²) in [4.78, 5) is 21.1. The van der Waals surface area contributed by atoms with Gasteiger partial charge in [-0.25, -0.2) is 9.97 Å². The molecule has 2 N–H and O–H groups in total. The topological polar surface area (TPSA) is 66.9 Å². The van der Waals surface area contributed by atoms with Crippen molar-refractivity contribution in [2.75, 3.05) is 10.6 Å². The number of aromatic nitrogens is 2. The molecular formula is C22H24N4O. The largest absolute Gasteiger partial charge is 0.324 e. The standard InChI is InChI=1S/C22H24N4O/c1-14(2)17-8-10-18(11-9-17)24-21(27)20-12-13-23-22(26-20)25-19-7-5-6-15(3)16(19)4/h5-14H,1-4H3,(H,24,27)(H,23,25,26). The van der Waals surface area contributed by atoms with Crippen LogP contribution in [-0.4, -0.2) is 15.9 Å². The molecule has 5 heteroatoms. The Morgan fingerprint density at radius 1 is 1.00 bits per heavy atom. The Balaban J connectivity index is 1.74. The van der Waals surface area contributed by atoms with E-state index in [1.165, 1.54) is 11.1 Å². The predicted molar refractivity (Wildman–Crippen MR) is 110 cm³/mol. The van der Waals surface area contributed by atoms with Crippen molar-refractivity contribution in [1.82, 2.24) is 9.97 Å². The average molecular weight is 360 g/mol. The molecular weight excluding hydrogens is 336 g/mol. The van der Waals surface area contributed by atoms with Crippen molar-refractivity contribution in [2.24, 2.45) is 0 Å². The molecule has 5 nitrogen and oxygen atoms in total. The lowest BCUT2D eigenvalue weighted by Gasteiger charge is -2.11. The van der Waals surface area contributed by atoms with E-state index in [4.69, 9.17) is 0 Å². The minimum atomic E-state index is -0.265. The van der Waals surface area contributed by atoms with Crippen LogP contribution >= 0.6 is 0 Å². The van der Waals surface area contributed by atoms with Crippen LogP contribution in [0.15, 0.2) is 54.7 Å². The van der Waals surface area contributed by atoms with Crippen LogP contribution in [0.5, 0.6) is 0 Å². The molecule has 3 aromatic rings. The lowest BCUT2D eigenvalue weighted by molar-refractivity contribution is 0.102. The van der Waals surface area contributed by atoms with Gasteiger partial charge in [0.15, 0.2) is 0 Å². The lowest BCUT2D eigenvalue weighted by atomic mass is 10.0. The lowest BCUT2D eigenvalue weighted by Crippen LogP contribution is -2.15. The Morgan fingerprint density at radius 3 is 2.44 bits per heavy atom. The van der Waals surface area contributed by atoms with Crippen LogP contribution in [0.25, 0.3) is 0 Å². The fourth-order valence-corrected chi connectivity index (χ4v) is 2.70. The summed E-state index contributed by atoms with van der Waals surface area (Å²) < 4.78 is 0. The maximum atomic E-state index is 12.5. The number of carbonyl (C=O) groups is 1. The van der Waals surface area contributed by atoms with Crippen molar-refractivity contribution < 1.29 is 4.79 Å². The van der Waals surface area contributed by atoms with Crippen molar-refractivity contribution in [1.29, 1.82) is 0 Å². The number of benzene rings is 2. The van der Waals surface area contributed by atoms with Crippen molar-refractivity contribution in [3.05, 3.63) is 77.1 Å². The SMILES string of the molecule is Cc1cccc(Nc2nccc(C(=O)Nc3ccc(C(C)C)cc3)n2)c1C. The highest BCUT2D eigenvalue weighted by molar-refractivity contribution is 6.03. The van der Waals surface area contributed by atoms with Gasteiger partial charge in [0.05, 0.1) is 0 Å². The van der Waals surface area contributed by atoms with E-state index in [1.54, 1.807) is 12.3 Å². The molecule has 0 atom stereocenters. The zero-order valence-electron chi connectivity index (χ0n) is 16.1. The van der Waals surface area contributed by atoms with Crippen LogP contribution in [0.3, 0.4) is 0 Å². The number of nitrogens with zero attached hydrogens (tertiary/aromatic N) is 2. The third-order valence-electron chi connectivity index (χ3n) is 4.57. The van der Waals surface area contributed by atoms with E-state index in [2.05, 4.69) is 47.4 Å². The molecule has 0 aliphatic rings. The molecule has 2 aromatic carbocycles. The van der Waals surface area contributed by atoms with Gasteiger partial charge in [-0.1, -0.05) is 38.1 Å². The molecule has 0 spiro atoms. The molecule has 27 heavy (non-hydrogen) atoms. The van der Waals surface area contributed by atoms with Crippen LogP contribution in [-0.2, 0) is 0 Å². The minimum absolute atomic E-state index is 0.265. The molecule has 138 valence electrons. The number of amides is 1. The van der Waals surface area contributed by atoms with E-state index < -0.39 is 0 Å². The van der Waals surface area contributed by atoms with E-state index in [0.29, 0.717) is 17.6 Å². The highest BCUT2D eigenvalue weighted by Gasteiger charge is 2.11. The number of hydrogen-bond acceptors (Lipinski definition) is 4. The number of nitrogens with one attached hydrogen (secondary N) is 2. The summed E-state index contributed by atoms with van der Waals surface area (Å²) in [5, 5.41) is 6.07. The Kier molecular flexibility index (Phi) is 5.50. The molecule has 0 radical (unpaired) electrons. The second-order valence-corrected chi connectivity index (χ2v) is 6.87. The predicted octanol–water partition coefficient (Wildman–Crippen LogP) is 5.21. The summed E-state index contributed by atoms with van der Waals surface area (Å²) in [5.74, 6) is 0.584. The molecule has 0 saturated carbocycles. The van der Waals surface area contributed by atoms with Gasteiger partial charge >= 0.3 is 0 Å². The molecule has 1 heterocycles. The second kappa shape index (κ2) is 7.99. The minimum Gasteiger partial charge on any atom is -0.324 e. The van der Waals surface area contributed by atoms with Gasteiger partial charge < -0.3 is 10.6 Å². The van der Waals surface area contributed by atoms with Crippen LogP contribution in [0.4, 0.5) is 17.3 Å². The number of aryl methyl sites for hydroxylation is 1. The zero-order chi connectivity index (χ0) is 19.4. The van der Waals surface area contributed by atoms with Crippen molar-refractivity contribution in [2.45, 2.75) is 33.6 Å². The van der Waals surface area contributed by atoms with Gasteiger partial charge in [-0.15, -0.1) is 0 Å². The fourth-order valence-electron chi connectivity index (χ4n) is 2.70. The Hall–Kier alpha value is -3.21. The zero-order valence-corrected chi connectivity index (χ0v) is 16.1. The first kappa shape index (κ1) is 18.6. The van der Waals surface area contributed by atoms with Crippen LogP contribution in [0, 0.1) is 13.8 Å². The summed E-state index contributed by atoms with van der Waals surface area (Å²) >= 11 is 0. The average Bonchev–Trinajstić information content (AvgIpc) is 2.66. The Bertz CT molecular complexity index is 949.